The van der Waals surface area contributed by atoms with Crippen molar-refractivity contribution in [3.63, 3.8) is 0 Å². The summed E-state index contributed by atoms with van der Waals surface area (Å²) in [4.78, 5) is 29.0. The van der Waals surface area contributed by atoms with Gasteiger partial charge in [-0.05, 0) is 54.4 Å². The highest BCUT2D eigenvalue weighted by Crippen LogP contribution is 2.31. The van der Waals surface area contributed by atoms with E-state index in [1.165, 1.54) is 42.6 Å². The number of esters is 1. The van der Waals surface area contributed by atoms with Gasteiger partial charge in [-0.3, -0.25) is 9.59 Å². The highest BCUT2D eigenvalue weighted by molar-refractivity contribution is 5.98. The van der Waals surface area contributed by atoms with Crippen LogP contribution < -0.4 is 0 Å². The molecule has 0 amide bonds. The van der Waals surface area contributed by atoms with E-state index in [9.17, 15) is 23.5 Å². The number of carbonyl (C=O) groups excluding carboxylic acids is 2. The SMILES string of the molecule is C[C@H](CC(=O)c1ncccc1O)C(=O)O[C@@H](C)C(c1ccc(F)cc1)c1ccc(F)cc1. The van der Waals surface area contributed by atoms with Crippen LogP contribution in [0.15, 0.2) is 66.9 Å². The van der Waals surface area contributed by atoms with E-state index >= 15 is 0 Å². The van der Waals surface area contributed by atoms with Gasteiger partial charge in [-0.25, -0.2) is 13.8 Å². The Morgan fingerprint density at radius 1 is 0.938 bits per heavy atom. The van der Waals surface area contributed by atoms with Crippen molar-refractivity contribution in [2.45, 2.75) is 32.3 Å². The van der Waals surface area contributed by atoms with Gasteiger partial charge in [0, 0.05) is 18.5 Å². The van der Waals surface area contributed by atoms with Crippen molar-refractivity contribution in [2.24, 2.45) is 5.92 Å². The molecule has 0 aliphatic heterocycles. The molecule has 166 valence electrons. The smallest absolute Gasteiger partial charge is 0.309 e. The molecule has 3 aromatic rings. The number of Topliss-reactive ketones (excluding diaryl/α,β-unsaturated/α-hetero) is 1. The van der Waals surface area contributed by atoms with Crippen molar-refractivity contribution < 1.29 is 28.2 Å². The van der Waals surface area contributed by atoms with Crippen molar-refractivity contribution in [1.82, 2.24) is 4.98 Å². The molecule has 1 N–H and O–H groups in total. The molecule has 0 unspecified atom stereocenters. The van der Waals surface area contributed by atoms with Crippen LogP contribution in [0.4, 0.5) is 8.78 Å². The van der Waals surface area contributed by atoms with Crippen LogP contribution in [0.5, 0.6) is 5.75 Å². The standard InChI is InChI=1S/C25H23F2NO4/c1-15(14-22(30)24-21(29)4-3-13-28-24)25(31)32-16(2)23(17-5-9-19(26)10-6-17)18-7-11-20(27)12-8-18/h3-13,15-16,23,29H,14H2,1-2H3/t15-,16+/m1/s1. The number of rotatable bonds is 8. The Balaban J connectivity index is 1.76. The molecule has 0 radical (unpaired) electrons. The summed E-state index contributed by atoms with van der Waals surface area (Å²) in [6, 6.07) is 14.4. The molecule has 0 bridgehead atoms. The quantitative estimate of drug-likeness (QED) is 0.393. The maximum absolute atomic E-state index is 13.4. The Morgan fingerprint density at radius 2 is 1.47 bits per heavy atom. The second-order valence-corrected chi connectivity index (χ2v) is 7.62. The zero-order valence-electron chi connectivity index (χ0n) is 17.7. The summed E-state index contributed by atoms with van der Waals surface area (Å²) < 4.78 is 32.5. The van der Waals surface area contributed by atoms with E-state index in [2.05, 4.69) is 4.98 Å². The first-order valence-electron chi connectivity index (χ1n) is 10.1. The Bertz CT molecular complexity index is 1040. The van der Waals surface area contributed by atoms with Gasteiger partial charge in [-0.1, -0.05) is 31.2 Å². The third-order valence-corrected chi connectivity index (χ3v) is 5.17. The van der Waals surface area contributed by atoms with E-state index in [1.807, 2.05) is 0 Å². The lowest BCUT2D eigenvalue weighted by molar-refractivity contribution is -0.153. The molecular weight excluding hydrogens is 416 g/mol. The van der Waals surface area contributed by atoms with Crippen molar-refractivity contribution >= 4 is 11.8 Å². The fraction of sp³-hybridized carbons (Fsp3) is 0.240. The summed E-state index contributed by atoms with van der Waals surface area (Å²) in [6.45, 7) is 3.24. The zero-order valence-corrected chi connectivity index (χ0v) is 17.7. The van der Waals surface area contributed by atoms with Gasteiger partial charge in [0.05, 0.1) is 5.92 Å². The van der Waals surface area contributed by atoms with E-state index in [-0.39, 0.29) is 17.9 Å². The number of nitrogens with zero attached hydrogens (tertiary/aromatic N) is 1. The van der Waals surface area contributed by atoms with Gasteiger partial charge >= 0.3 is 5.97 Å². The number of ether oxygens (including phenoxy) is 1. The largest absolute Gasteiger partial charge is 0.506 e. The number of hydrogen-bond acceptors (Lipinski definition) is 5. The summed E-state index contributed by atoms with van der Waals surface area (Å²) in [7, 11) is 0. The molecule has 2 atom stereocenters. The van der Waals surface area contributed by atoms with Crippen molar-refractivity contribution in [3.05, 3.63) is 95.3 Å². The minimum atomic E-state index is -0.784. The predicted molar refractivity (Wildman–Crippen MR) is 114 cm³/mol. The average molecular weight is 439 g/mol. The minimum Gasteiger partial charge on any atom is -0.506 e. The van der Waals surface area contributed by atoms with Crippen LogP contribution in [-0.4, -0.2) is 27.9 Å². The summed E-state index contributed by atoms with van der Waals surface area (Å²) in [5.74, 6) is -3.39. The third-order valence-electron chi connectivity index (χ3n) is 5.17. The topological polar surface area (TPSA) is 76.5 Å². The number of aromatic nitrogens is 1. The van der Waals surface area contributed by atoms with E-state index in [4.69, 9.17) is 4.74 Å². The molecule has 1 heterocycles. The van der Waals surface area contributed by atoms with Crippen LogP contribution in [0.1, 0.15) is 47.8 Å². The highest BCUT2D eigenvalue weighted by Gasteiger charge is 2.28. The summed E-state index contributed by atoms with van der Waals surface area (Å²) in [5, 5.41) is 9.79. The first-order valence-corrected chi connectivity index (χ1v) is 10.1. The molecule has 0 spiro atoms. The molecular formula is C25H23F2NO4. The lowest BCUT2D eigenvalue weighted by atomic mass is 9.87. The second kappa shape index (κ2) is 10.1. The Kier molecular flexibility index (Phi) is 7.30. The van der Waals surface area contributed by atoms with Crippen molar-refractivity contribution in [2.75, 3.05) is 0 Å². The molecule has 2 aromatic carbocycles. The molecule has 0 saturated heterocycles. The van der Waals surface area contributed by atoms with Crippen LogP contribution in [0.3, 0.4) is 0 Å². The number of halogens is 2. The summed E-state index contributed by atoms with van der Waals surface area (Å²) >= 11 is 0. The maximum atomic E-state index is 13.4. The van der Waals surface area contributed by atoms with E-state index in [1.54, 1.807) is 38.1 Å². The average Bonchev–Trinajstić information content (AvgIpc) is 2.76. The van der Waals surface area contributed by atoms with Crippen LogP contribution in [0, 0.1) is 17.6 Å². The number of hydrogen-bond donors (Lipinski definition) is 1. The number of ketones is 1. The molecule has 3 rings (SSSR count). The fourth-order valence-corrected chi connectivity index (χ4v) is 3.51. The number of aromatic hydroxyl groups is 1. The molecule has 32 heavy (non-hydrogen) atoms. The number of carbonyl (C=O) groups is 2. The Labute approximate surface area is 184 Å². The molecule has 0 aliphatic carbocycles. The first-order chi connectivity index (χ1) is 15.3. The van der Waals surface area contributed by atoms with Crippen LogP contribution in [0.2, 0.25) is 0 Å². The Morgan fingerprint density at radius 3 is 1.97 bits per heavy atom. The van der Waals surface area contributed by atoms with Gasteiger partial charge in [0.2, 0.25) is 0 Å². The fourth-order valence-electron chi connectivity index (χ4n) is 3.51. The lowest BCUT2D eigenvalue weighted by Gasteiger charge is -2.26. The molecule has 7 heteroatoms. The van der Waals surface area contributed by atoms with Crippen molar-refractivity contribution in [1.29, 1.82) is 0 Å². The normalized spacial score (nSPS) is 12.9. The van der Waals surface area contributed by atoms with Crippen molar-refractivity contribution in [3.8, 4) is 5.75 Å². The molecule has 5 nitrogen and oxygen atoms in total. The van der Waals surface area contributed by atoms with Crippen LogP contribution in [0.25, 0.3) is 0 Å². The zero-order chi connectivity index (χ0) is 23.3. The van der Waals surface area contributed by atoms with Gasteiger partial charge in [-0.15, -0.1) is 0 Å². The van der Waals surface area contributed by atoms with Crippen LogP contribution in [-0.2, 0) is 9.53 Å². The maximum Gasteiger partial charge on any atom is 0.309 e. The predicted octanol–water partition coefficient (Wildman–Crippen LogP) is 5.04. The molecule has 0 fully saturated rings. The van der Waals surface area contributed by atoms with Gasteiger partial charge in [-0.2, -0.15) is 0 Å². The minimum absolute atomic E-state index is 0.101. The van der Waals surface area contributed by atoms with Gasteiger partial charge in [0.25, 0.3) is 0 Å². The van der Waals surface area contributed by atoms with Crippen LogP contribution >= 0.6 is 0 Å². The van der Waals surface area contributed by atoms with E-state index in [0.29, 0.717) is 11.1 Å². The highest BCUT2D eigenvalue weighted by atomic mass is 19.1. The summed E-state index contributed by atoms with van der Waals surface area (Å²) in [5.41, 5.74) is 1.29. The molecule has 0 aliphatic rings. The van der Waals surface area contributed by atoms with Gasteiger partial charge in [0.15, 0.2) is 5.78 Å². The number of pyridine rings is 1. The Hall–Kier alpha value is -3.61. The van der Waals surface area contributed by atoms with E-state index < -0.39 is 41.3 Å². The van der Waals surface area contributed by atoms with Gasteiger partial charge in [0.1, 0.15) is 29.2 Å². The summed E-state index contributed by atoms with van der Waals surface area (Å²) in [6.07, 6.45) is 0.515. The number of benzene rings is 2. The van der Waals surface area contributed by atoms with Gasteiger partial charge < -0.3 is 9.84 Å². The molecule has 1 aromatic heterocycles. The lowest BCUT2D eigenvalue weighted by Crippen LogP contribution is -2.28. The second-order valence-electron chi connectivity index (χ2n) is 7.62. The molecule has 0 saturated carbocycles. The monoisotopic (exact) mass is 439 g/mol. The third kappa shape index (κ3) is 5.55. The van der Waals surface area contributed by atoms with E-state index in [0.717, 1.165) is 0 Å². The first kappa shape index (κ1) is 23.1.